The fourth-order valence-corrected chi connectivity index (χ4v) is 5.94. The lowest BCUT2D eigenvalue weighted by molar-refractivity contribution is -0.146. The monoisotopic (exact) mass is 455 g/mol. The SMILES string of the molecule is C=CC(=O)N1CC2(CC(c3nc(-c4cnn(CC)c4)c(-c4c(C)ccc5[nH]ncc45)n3C)C2)C1. The third-order valence-corrected chi connectivity index (χ3v) is 7.69. The molecule has 34 heavy (non-hydrogen) atoms. The van der Waals surface area contributed by atoms with E-state index < -0.39 is 0 Å². The average Bonchev–Trinajstić information content (AvgIpc) is 3.51. The molecule has 4 heterocycles. The third kappa shape index (κ3) is 2.97. The second-order valence-electron chi connectivity index (χ2n) is 9.90. The van der Waals surface area contributed by atoms with Gasteiger partial charge in [-0.2, -0.15) is 10.2 Å². The first-order valence-corrected chi connectivity index (χ1v) is 11.9. The molecular formula is C26H29N7O. The zero-order chi connectivity index (χ0) is 23.6. The second kappa shape index (κ2) is 7.41. The molecular weight excluding hydrogens is 426 g/mol. The molecule has 0 radical (unpaired) electrons. The highest BCUT2D eigenvalue weighted by Gasteiger charge is 2.54. The number of carbonyl (C=O) groups is 1. The number of aryl methyl sites for hydroxylation is 2. The van der Waals surface area contributed by atoms with Gasteiger partial charge in [0.15, 0.2) is 0 Å². The Morgan fingerprint density at radius 1 is 1.29 bits per heavy atom. The largest absolute Gasteiger partial charge is 0.338 e. The molecule has 0 bridgehead atoms. The maximum absolute atomic E-state index is 11.9. The number of aromatic nitrogens is 6. The van der Waals surface area contributed by atoms with Crippen molar-refractivity contribution in [2.75, 3.05) is 13.1 Å². The summed E-state index contributed by atoms with van der Waals surface area (Å²) in [7, 11) is 2.13. The molecule has 1 aliphatic carbocycles. The van der Waals surface area contributed by atoms with Gasteiger partial charge >= 0.3 is 0 Å². The standard InChI is InChI=1S/C26H29N7O/c1-5-21(34)32-14-26(15-32)9-17(10-26)25-29-23(18-11-28-33(6-2)13-18)24(31(25)4)22-16(3)7-8-20-19(22)12-27-30-20/h5,7-8,11-13,17H,1,6,9-10,14-15H2,2-4H3,(H,27,30). The van der Waals surface area contributed by atoms with Crippen molar-refractivity contribution in [2.45, 2.75) is 39.2 Å². The van der Waals surface area contributed by atoms with Crippen molar-refractivity contribution in [3.63, 3.8) is 0 Å². The van der Waals surface area contributed by atoms with Crippen molar-refractivity contribution >= 4 is 16.8 Å². The summed E-state index contributed by atoms with van der Waals surface area (Å²) in [5, 5.41) is 13.0. The van der Waals surface area contributed by atoms with E-state index in [1.165, 1.54) is 11.6 Å². The van der Waals surface area contributed by atoms with E-state index in [-0.39, 0.29) is 11.3 Å². The van der Waals surface area contributed by atoms with Gasteiger partial charge < -0.3 is 9.47 Å². The number of hydrogen-bond donors (Lipinski definition) is 1. The van der Waals surface area contributed by atoms with Gasteiger partial charge in [-0.1, -0.05) is 12.6 Å². The minimum absolute atomic E-state index is 0.0345. The van der Waals surface area contributed by atoms with Gasteiger partial charge in [0.05, 0.1) is 29.3 Å². The van der Waals surface area contributed by atoms with Gasteiger partial charge in [-0.3, -0.25) is 14.6 Å². The zero-order valence-electron chi connectivity index (χ0n) is 19.9. The number of likely N-dealkylation sites (tertiary alicyclic amines) is 1. The minimum atomic E-state index is 0.0345. The fourth-order valence-electron chi connectivity index (χ4n) is 5.94. The minimum Gasteiger partial charge on any atom is -0.338 e. The van der Waals surface area contributed by atoms with Gasteiger partial charge in [0.1, 0.15) is 5.82 Å². The van der Waals surface area contributed by atoms with Crippen LogP contribution in [0.25, 0.3) is 33.4 Å². The summed E-state index contributed by atoms with van der Waals surface area (Å²) in [6.45, 7) is 10.3. The number of H-pyrrole nitrogens is 1. The molecule has 4 aromatic rings. The number of amides is 1. The van der Waals surface area contributed by atoms with Crippen LogP contribution in [0.4, 0.5) is 0 Å². The van der Waals surface area contributed by atoms with E-state index in [9.17, 15) is 4.79 Å². The highest BCUT2D eigenvalue weighted by Crippen LogP contribution is 2.56. The lowest BCUT2D eigenvalue weighted by atomic mass is 9.57. The first kappa shape index (κ1) is 20.9. The first-order chi connectivity index (χ1) is 16.4. The van der Waals surface area contributed by atoms with Crippen molar-refractivity contribution in [3.05, 3.63) is 54.8 Å². The molecule has 1 aromatic carbocycles. The first-order valence-electron chi connectivity index (χ1n) is 11.9. The number of carbonyl (C=O) groups excluding carboxylic acids is 1. The Labute approximate surface area is 198 Å². The van der Waals surface area contributed by atoms with Crippen LogP contribution in [0.1, 0.15) is 37.1 Å². The summed E-state index contributed by atoms with van der Waals surface area (Å²) in [5.74, 6) is 1.52. The molecule has 1 N–H and O–H groups in total. The molecule has 8 nitrogen and oxygen atoms in total. The van der Waals surface area contributed by atoms with Crippen LogP contribution >= 0.6 is 0 Å². The molecule has 1 saturated carbocycles. The van der Waals surface area contributed by atoms with Gasteiger partial charge in [0.2, 0.25) is 5.91 Å². The number of nitrogens with one attached hydrogen (secondary N) is 1. The molecule has 2 aliphatic rings. The summed E-state index contributed by atoms with van der Waals surface area (Å²) < 4.78 is 4.22. The number of hydrogen-bond acceptors (Lipinski definition) is 4. The topological polar surface area (TPSA) is 84.6 Å². The molecule has 1 aliphatic heterocycles. The molecule has 2 fully saturated rings. The van der Waals surface area contributed by atoms with E-state index in [2.05, 4.69) is 65.7 Å². The van der Waals surface area contributed by atoms with Crippen LogP contribution in [0.5, 0.6) is 0 Å². The van der Waals surface area contributed by atoms with Gasteiger partial charge in [-0.05, 0) is 44.4 Å². The number of benzene rings is 1. The fraction of sp³-hybridized carbons (Fsp3) is 0.385. The number of rotatable bonds is 5. The summed E-state index contributed by atoms with van der Waals surface area (Å²) in [5.41, 5.74) is 6.70. The quantitative estimate of drug-likeness (QED) is 0.460. The highest BCUT2D eigenvalue weighted by atomic mass is 16.2. The van der Waals surface area contributed by atoms with Crippen LogP contribution in [0.3, 0.4) is 0 Å². The lowest BCUT2D eigenvalue weighted by Gasteiger charge is -2.58. The molecule has 174 valence electrons. The van der Waals surface area contributed by atoms with Gasteiger partial charge in [-0.25, -0.2) is 4.98 Å². The van der Waals surface area contributed by atoms with E-state index in [1.54, 1.807) is 0 Å². The second-order valence-corrected chi connectivity index (χ2v) is 9.90. The molecule has 0 atom stereocenters. The lowest BCUT2D eigenvalue weighted by Crippen LogP contribution is -2.63. The summed E-state index contributed by atoms with van der Waals surface area (Å²) >= 11 is 0. The van der Waals surface area contributed by atoms with Gasteiger partial charge in [0, 0.05) is 60.7 Å². The molecule has 3 aromatic heterocycles. The van der Waals surface area contributed by atoms with Crippen molar-refractivity contribution in [1.82, 2.24) is 34.4 Å². The Morgan fingerprint density at radius 3 is 2.79 bits per heavy atom. The predicted molar refractivity (Wildman–Crippen MR) is 131 cm³/mol. The Balaban J connectivity index is 1.42. The summed E-state index contributed by atoms with van der Waals surface area (Å²) in [4.78, 5) is 19.0. The highest BCUT2D eigenvalue weighted by molar-refractivity contribution is 5.98. The van der Waals surface area contributed by atoms with Crippen molar-refractivity contribution in [3.8, 4) is 22.5 Å². The Bertz CT molecular complexity index is 1420. The average molecular weight is 456 g/mol. The van der Waals surface area contributed by atoms with Crippen molar-refractivity contribution in [2.24, 2.45) is 12.5 Å². The summed E-state index contributed by atoms with van der Waals surface area (Å²) in [6, 6.07) is 4.22. The van der Waals surface area contributed by atoms with E-state index in [4.69, 9.17) is 4.98 Å². The third-order valence-electron chi connectivity index (χ3n) is 7.69. The Morgan fingerprint density at radius 2 is 2.09 bits per heavy atom. The molecule has 0 unspecified atom stereocenters. The molecule has 8 heteroatoms. The number of fused-ring (bicyclic) bond motifs is 1. The van der Waals surface area contributed by atoms with Crippen LogP contribution in [0, 0.1) is 12.3 Å². The number of aromatic amines is 1. The van der Waals surface area contributed by atoms with Gasteiger partial charge in [-0.15, -0.1) is 0 Å². The number of nitrogens with zero attached hydrogens (tertiary/aromatic N) is 6. The van der Waals surface area contributed by atoms with E-state index in [1.807, 2.05) is 22.0 Å². The smallest absolute Gasteiger partial charge is 0.245 e. The maximum Gasteiger partial charge on any atom is 0.245 e. The number of imidazole rings is 1. The van der Waals surface area contributed by atoms with Crippen molar-refractivity contribution in [1.29, 1.82) is 0 Å². The predicted octanol–water partition coefficient (Wildman–Crippen LogP) is 4.05. The molecule has 6 rings (SSSR count). The molecule has 1 spiro atoms. The van der Waals surface area contributed by atoms with Crippen LogP contribution < -0.4 is 0 Å². The van der Waals surface area contributed by atoms with E-state index in [0.29, 0.717) is 5.92 Å². The van der Waals surface area contributed by atoms with Crippen LogP contribution in [-0.2, 0) is 18.4 Å². The van der Waals surface area contributed by atoms with Crippen LogP contribution in [-0.4, -0.2) is 53.4 Å². The van der Waals surface area contributed by atoms with Crippen LogP contribution in [0.15, 0.2) is 43.4 Å². The van der Waals surface area contributed by atoms with E-state index >= 15 is 0 Å². The normalized spacial score (nSPS) is 17.2. The van der Waals surface area contributed by atoms with Gasteiger partial charge in [0.25, 0.3) is 0 Å². The molecule has 1 amide bonds. The van der Waals surface area contributed by atoms with E-state index in [0.717, 1.165) is 71.7 Å². The van der Waals surface area contributed by atoms with Crippen molar-refractivity contribution < 1.29 is 4.79 Å². The summed E-state index contributed by atoms with van der Waals surface area (Å²) in [6.07, 6.45) is 9.42. The Kier molecular flexibility index (Phi) is 4.56. The maximum atomic E-state index is 11.9. The molecule has 1 saturated heterocycles. The van der Waals surface area contributed by atoms with Crippen LogP contribution in [0.2, 0.25) is 0 Å². The zero-order valence-corrected chi connectivity index (χ0v) is 19.9. The Hall–Kier alpha value is -3.68.